The number of nitrogens with zero attached hydrogens (tertiary/aromatic N) is 8. The summed E-state index contributed by atoms with van der Waals surface area (Å²) in [5, 5.41) is 16.2. The number of carbonyl (C=O) groups excluding carboxylic acids is 4. The third-order valence-electron chi connectivity index (χ3n) is 18.4. The van der Waals surface area contributed by atoms with Gasteiger partial charge in [0, 0.05) is 169 Å². The lowest BCUT2D eigenvalue weighted by molar-refractivity contribution is -0.137. The Bertz CT molecular complexity index is 6020. The SMILES string of the molecule is COc1ccc(-c2cc(CCC(=O)c3ccc(Oc4ccccc4)nc3)on2)cc1.COc1cccc(-c2cc(CCC(=O)c3ccc(Oc4ccccc4)nc3)on2)c1.COc1ccccc1-c1cc(CCC(=O)c2ccc(Oc3ccccc3)nc2)on1.O=C(CCc1cc(-c2ccc(C(F)(F)F)cc2)no1)c1ccc(Oc2ccccc2)nc1. The van der Waals surface area contributed by atoms with Crippen molar-refractivity contribution in [2.75, 3.05) is 21.3 Å². The fourth-order valence-corrected chi connectivity index (χ4v) is 11.9. The summed E-state index contributed by atoms with van der Waals surface area (Å²) in [6.45, 7) is 0. The molecule has 0 aliphatic carbocycles. The lowest BCUT2D eigenvalue weighted by atomic mass is 10.1. The summed E-state index contributed by atoms with van der Waals surface area (Å²) in [6.07, 6.45) is 4.38. The van der Waals surface area contributed by atoms with Gasteiger partial charge in [0.15, 0.2) is 23.1 Å². The summed E-state index contributed by atoms with van der Waals surface area (Å²) in [6, 6.07) is 85.3. The molecule has 0 fully saturated rings. The van der Waals surface area contributed by atoms with E-state index < -0.39 is 11.7 Å². The van der Waals surface area contributed by atoms with Gasteiger partial charge >= 0.3 is 6.18 Å². The first-order chi connectivity index (χ1) is 59.5. The quantitative estimate of drug-likeness (QED) is 0.0365. The second-order valence-corrected chi connectivity index (χ2v) is 26.8. The van der Waals surface area contributed by atoms with Crippen molar-refractivity contribution >= 4 is 23.1 Å². The summed E-state index contributed by atoms with van der Waals surface area (Å²) in [5.74, 6) is 8.90. The molecule has 612 valence electrons. The summed E-state index contributed by atoms with van der Waals surface area (Å²) in [4.78, 5) is 66.7. The van der Waals surface area contributed by atoms with Gasteiger partial charge in [-0.3, -0.25) is 19.2 Å². The molecule has 16 rings (SSSR count). The molecule has 0 radical (unpaired) electrons. The molecule has 26 heteroatoms. The predicted octanol–water partition coefficient (Wildman–Crippen LogP) is 22.4. The van der Waals surface area contributed by atoms with Crippen LogP contribution >= 0.6 is 0 Å². The standard InChI is InChI=1S/C24H17F3N2O3.3C24H20N2O4/c25-24(26,27)18-9-6-16(7-10-18)21-14-20(32-29-21)11-12-22(30)17-8-13-23(28-15-17)31-19-4-2-1-3-5-19;1-28-20-9-5-6-17(14-20)22-15-21(30-26-22)11-12-23(27)18-10-13-24(25-16-18)29-19-7-3-2-4-8-19;1-28-23-10-6-5-9-20(23)21-15-19(30-26-21)12-13-22(27)17-11-14-24(25-16-17)29-18-7-3-2-4-8-18;1-28-19-10-7-17(8-11-19)22-15-21(30-26-22)12-13-23(27)18-9-14-24(25-16-18)29-20-5-3-2-4-6-20/h1-10,13-15H,11-12H2;2-10,13-16H,11-12H2,1H3;2*2-11,14-16H,12-13H2,1H3. The second-order valence-electron chi connectivity index (χ2n) is 26.8. The van der Waals surface area contributed by atoms with Gasteiger partial charge in [0.05, 0.1) is 26.9 Å². The molecule has 0 saturated carbocycles. The smallest absolute Gasteiger partial charge is 0.416 e. The summed E-state index contributed by atoms with van der Waals surface area (Å²) >= 11 is 0. The maximum atomic E-state index is 12.7. The zero-order chi connectivity index (χ0) is 84.8. The number of methoxy groups -OCH3 is 3. The number of hydrogen-bond donors (Lipinski definition) is 0. The first-order valence-electron chi connectivity index (χ1n) is 38.3. The third-order valence-corrected chi connectivity index (χ3v) is 18.4. The minimum absolute atomic E-state index is 0.0174. The van der Waals surface area contributed by atoms with E-state index in [-0.39, 0.29) is 29.6 Å². The van der Waals surface area contributed by atoms with Gasteiger partial charge < -0.3 is 51.3 Å². The Labute approximate surface area is 698 Å². The zero-order valence-electron chi connectivity index (χ0n) is 66.0. The number of hydrogen-bond acceptors (Lipinski definition) is 23. The number of halogens is 3. The van der Waals surface area contributed by atoms with Crippen LogP contribution in [0.2, 0.25) is 0 Å². The van der Waals surface area contributed by atoms with E-state index in [1.807, 2.05) is 200 Å². The maximum Gasteiger partial charge on any atom is 0.416 e. The summed E-state index contributed by atoms with van der Waals surface area (Å²) in [5.41, 5.74) is 6.99. The second kappa shape index (κ2) is 41.9. The Balaban J connectivity index is 0.000000140. The van der Waals surface area contributed by atoms with Crippen LogP contribution in [0.25, 0.3) is 45.0 Å². The summed E-state index contributed by atoms with van der Waals surface area (Å²) in [7, 11) is 4.86. The summed E-state index contributed by atoms with van der Waals surface area (Å²) < 4.78 is 97.8. The number of pyridine rings is 4. The topological polar surface area (TPSA) is 289 Å². The highest BCUT2D eigenvalue weighted by Crippen LogP contribution is 2.34. The Hall–Kier alpha value is -15.7. The van der Waals surface area contributed by atoms with Crippen LogP contribution in [-0.2, 0) is 31.9 Å². The molecule has 8 aromatic heterocycles. The number of rotatable bonds is 31. The van der Waals surface area contributed by atoms with Crippen molar-refractivity contribution in [1.29, 1.82) is 0 Å². The van der Waals surface area contributed by atoms with Gasteiger partial charge in [-0.2, -0.15) is 13.2 Å². The number of alkyl halides is 3. The van der Waals surface area contributed by atoms with Crippen molar-refractivity contribution in [3.8, 4) is 109 Å². The van der Waals surface area contributed by atoms with Gasteiger partial charge in [-0.05, 0) is 133 Å². The minimum atomic E-state index is -4.39. The number of ketones is 4. The highest BCUT2D eigenvalue weighted by Gasteiger charge is 2.30. The van der Waals surface area contributed by atoms with E-state index in [0.29, 0.717) is 159 Å². The van der Waals surface area contributed by atoms with Crippen LogP contribution in [0.15, 0.2) is 334 Å². The monoisotopic (exact) mass is 1640 g/mol. The molecule has 0 bridgehead atoms. The number of ether oxygens (including phenoxy) is 7. The lowest BCUT2D eigenvalue weighted by Gasteiger charge is -2.06. The molecular weight excluding hydrogens is 1560 g/mol. The number of Topliss-reactive ketones (excluding diaryl/α,β-unsaturated/α-hetero) is 4. The molecule has 0 N–H and O–H groups in total. The number of para-hydroxylation sites is 5. The van der Waals surface area contributed by atoms with Crippen LogP contribution in [-0.4, -0.2) is 85.0 Å². The van der Waals surface area contributed by atoms with Gasteiger partial charge in [0.1, 0.15) is 86.1 Å². The molecule has 0 aliphatic rings. The van der Waals surface area contributed by atoms with Crippen LogP contribution in [0.3, 0.4) is 0 Å². The molecule has 0 unspecified atom stereocenters. The van der Waals surface area contributed by atoms with E-state index in [2.05, 4.69) is 40.6 Å². The van der Waals surface area contributed by atoms with Gasteiger partial charge in [-0.1, -0.05) is 130 Å². The lowest BCUT2D eigenvalue weighted by Crippen LogP contribution is -2.03. The molecule has 23 nitrogen and oxygen atoms in total. The van der Waals surface area contributed by atoms with Gasteiger partial charge in [-0.25, -0.2) is 19.9 Å². The zero-order valence-corrected chi connectivity index (χ0v) is 66.0. The van der Waals surface area contributed by atoms with Crippen LogP contribution in [0.4, 0.5) is 13.2 Å². The first kappa shape index (κ1) is 84.2. The van der Waals surface area contributed by atoms with E-state index in [9.17, 15) is 32.3 Å². The Kier molecular flexibility index (Phi) is 28.9. The van der Waals surface area contributed by atoms with E-state index in [4.69, 9.17) is 51.3 Å². The molecule has 0 atom stereocenters. The van der Waals surface area contributed by atoms with Crippen LogP contribution in [0.5, 0.6) is 63.8 Å². The average molecular weight is 1640 g/mol. The van der Waals surface area contributed by atoms with Crippen molar-refractivity contribution in [2.24, 2.45) is 0 Å². The molecule has 122 heavy (non-hydrogen) atoms. The fraction of sp³-hybridized carbons (Fsp3) is 0.125. The average Bonchev–Trinajstić information content (AvgIpc) is 1.54. The Morgan fingerprint density at radius 2 is 0.607 bits per heavy atom. The van der Waals surface area contributed by atoms with Crippen LogP contribution in [0.1, 0.15) is 95.7 Å². The number of aryl methyl sites for hydroxylation is 4. The van der Waals surface area contributed by atoms with Crippen molar-refractivity contribution in [1.82, 2.24) is 40.6 Å². The third kappa shape index (κ3) is 24.4. The van der Waals surface area contributed by atoms with Crippen LogP contribution < -0.4 is 33.2 Å². The molecule has 0 amide bonds. The first-order valence-corrected chi connectivity index (χ1v) is 38.3. The van der Waals surface area contributed by atoms with Crippen molar-refractivity contribution in [3.63, 3.8) is 0 Å². The number of aromatic nitrogens is 8. The maximum absolute atomic E-state index is 12.7. The van der Waals surface area contributed by atoms with Gasteiger partial charge in [0.25, 0.3) is 0 Å². The normalized spacial score (nSPS) is 10.8. The molecule has 0 aliphatic heterocycles. The number of benzene rings is 8. The van der Waals surface area contributed by atoms with E-state index in [1.54, 1.807) is 88.1 Å². The fourth-order valence-electron chi connectivity index (χ4n) is 11.9. The van der Waals surface area contributed by atoms with E-state index in [1.165, 1.54) is 36.9 Å². The minimum Gasteiger partial charge on any atom is -0.497 e. The molecule has 8 aromatic carbocycles. The van der Waals surface area contributed by atoms with Crippen molar-refractivity contribution in [3.05, 3.63) is 367 Å². The molecule has 0 spiro atoms. The van der Waals surface area contributed by atoms with Crippen molar-refractivity contribution in [2.45, 2.75) is 57.5 Å². The Morgan fingerprint density at radius 3 is 0.934 bits per heavy atom. The highest BCUT2D eigenvalue weighted by molar-refractivity contribution is 5.97. The molecular formula is C96H77F3N8O15. The van der Waals surface area contributed by atoms with E-state index in [0.717, 1.165) is 51.8 Å². The van der Waals surface area contributed by atoms with Crippen LogP contribution in [0, 0.1) is 0 Å². The van der Waals surface area contributed by atoms with Gasteiger partial charge in [-0.15, -0.1) is 0 Å². The molecule has 16 aromatic rings. The Morgan fingerprint density at radius 1 is 0.295 bits per heavy atom. The molecule has 0 saturated heterocycles. The van der Waals surface area contributed by atoms with Crippen molar-refractivity contribution < 1.29 is 83.6 Å². The molecule has 8 heterocycles. The largest absolute Gasteiger partial charge is 0.497 e. The predicted molar refractivity (Wildman–Crippen MR) is 446 cm³/mol. The van der Waals surface area contributed by atoms with Gasteiger partial charge in [0.2, 0.25) is 23.5 Å². The van der Waals surface area contributed by atoms with E-state index >= 15 is 0 Å². The highest BCUT2D eigenvalue weighted by atomic mass is 19.4. The number of carbonyl (C=O) groups is 4.